The first-order valence-electron chi connectivity index (χ1n) is 18.2. The molecule has 0 aromatic heterocycles. The van der Waals surface area contributed by atoms with Crippen molar-refractivity contribution in [3.63, 3.8) is 0 Å². The van der Waals surface area contributed by atoms with E-state index in [0.717, 1.165) is 77.3 Å². The predicted octanol–water partition coefficient (Wildman–Crippen LogP) is 14.3. The van der Waals surface area contributed by atoms with Gasteiger partial charge in [-0.05, 0) is 93.9 Å². The van der Waals surface area contributed by atoms with E-state index in [1.165, 1.54) is 22.3 Å². The van der Waals surface area contributed by atoms with Gasteiger partial charge < -0.3 is 14.5 Å². The number of rotatable bonds is 4. The van der Waals surface area contributed by atoms with E-state index in [-0.39, 0.29) is 5.41 Å². The van der Waals surface area contributed by atoms with Gasteiger partial charge in [-0.2, -0.15) is 0 Å². The lowest BCUT2D eigenvalue weighted by atomic mass is 9.82. The summed E-state index contributed by atoms with van der Waals surface area (Å²) in [5, 5.41) is 2.26. The van der Waals surface area contributed by atoms with Crippen LogP contribution in [0.1, 0.15) is 25.0 Å². The molecule has 8 aromatic rings. The van der Waals surface area contributed by atoms with Gasteiger partial charge in [-0.1, -0.05) is 135 Å². The van der Waals surface area contributed by atoms with Crippen LogP contribution in [-0.4, -0.2) is 0 Å². The van der Waals surface area contributed by atoms with Crippen LogP contribution in [-0.2, 0) is 5.41 Å². The molecule has 1 aliphatic carbocycles. The number of para-hydroxylation sites is 4. The molecule has 2 heterocycles. The van der Waals surface area contributed by atoms with Crippen LogP contribution >= 0.6 is 11.8 Å². The molecule has 0 amide bonds. The third-order valence-corrected chi connectivity index (χ3v) is 12.3. The van der Waals surface area contributed by atoms with E-state index in [1.54, 1.807) is 11.8 Å². The first-order chi connectivity index (χ1) is 26.1. The van der Waals surface area contributed by atoms with Crippen LogP contribution in [0.4, 0.5) is 34.1 Å². The summed E-state index contributed by atoms with van der Waals surface area (Å²) in [6.07, 6.45) is 0. The number of benzene rings is 8. The molecule has 0 unspecified atom stereocenters. The molecule has 3 nitrogen and oxygen atoms in total. The van der Waals surface area contributed by atoms with E-state index in [2.05, 4.69) is 194 Å². The molecule has 0 saturated heterocycles. The summed E-state index contributed by atoms with van der Waals surface area (Å²) in [4.78, 5) is 6.98. The van der Waals surface area contributed by atoms with Gasteiger partial charge in [-0.15, -0.1) is 0 Å². The summed E-state index contributed by atoms with van der Waals surface area (Å²) in [5.74, 6) is 1.78. The minimum atomic E-state index is -0.123. The molecule has 0 N–H and O–H groups in total. The molecule has 252 valence electrons. The monoisotopic (exact) mass is 698 g/mol. The Morgan fingerprint density at radius 2 is 1.21 bits per heavy atom. The van der Waals surface area contributed by atoms with Crippen molar-refractivity contribution < 1.29 is 4.74 Å². The highest BCUT2D eigenvalue weighted by atomic mass is 32.2. The fourth-order valence-electron chi connectivity index (χ4n) is 8.77. The zero-order valence-electron chi connectivity index (χ0n) is 29.4. The molecule has 53 heavy (non-hydrogen) atoms. The molecule has 3 aliphatic rings. The number of anilines is 6. The average molecular weight is 699 g/mol. The van der Waals surface area contributed by atoms with Gasteiger partial charge >= 0.3 is 0 Å². The Balaban J connectivity index is 1.20. The standard InChI is InChI=1S/C49H34N2OS/c1-49(2)39-23-11-9-20-35(39)36-28-27-34(30-40(36)49)50(32-16-5-3-6-17-32)43-29-31-15-13-22-38-37-21-10-12-24-41(37)51(33-18-7-4-8-19-33)42-25-14-26-44-46(42)52-47(45(31)38)48(43)53-44/h3-30H,1-2H3. The van der Waals surface area contributed by atoms with E-state index in [0.29, 0.717) is 0 Å². The molecule has 0 spiro atoms. The van der Waals surface area contributed by atoms with Crippen molar-refractivity contribution in [3.05, 3.63) is 181 Å². The van der Waals surface area contributed by atoms with Crippen LogP contribution in [0.5, 0.6) is 11.5 Å². The largest absolute Gasteiger partial charge is 0.452 e. The molecule has 2 aliphatic heterocycles. The Kier molecular flexibility index (Phi) is 6.53. The highest BCUT2D eigenvalue weighted by Crippen LogP contribution is 2.62. The van der Waals surface area contributed by atoms with Crippen LogP contribution in [0.15, 0.2) is 180 Å². The second-order valence-corrected chi connectivity index (χ2v) is 15.6. The van der Waals surface area contributed by atoms with Gasteiger partial charge in [0.25, 0.3) is 0 Å². The van der Waals surface area contributed by atoms with Crippen LogP contribution in [0.3, 0.4) is 0 Å². The highest BCUT2D eigenvalue weighted by molar-refractivity contribution is 7.99. The molecule has 0 radical (unpaired) electrons. The number of nitrogens with zero attached hydrogens (tertiary/aromatic N) is 2. The summed E-state index contributed by atoms with van der Waals surface area (Å²) in [5.41, 5.74) is 14.1. The smallest absolute Gasteiger partial charge is 0.165 e. The maximum absolute atomic E-state index is 7.34. The zero-order chi connectivity index (χ0) is 35.3. The second kappa shape index (κ2) is 11.4. The van der Waals surface area contributed by atoms with Gasteiger partial charge in [0.15, 0.2) is 11.5 Å². The lowest BCUT2D eigenvalue weighted by Gasteiger charge is -2.33. The van der Waals surface area contributed by atoms with Crippen LogP contribution in [0.2, 0.25) is 0 Å². The third-order valence-electron chi connectivity index (χ3n) is 11.2. The van der Waals surface area contributed by atoms with Gasteiger partial charge in [0, 0.05) is 33.4 Å². The van der Waals surface area contributed by atoms with Gasteiger partial charge in [-0.3, -0.25) is 0 Å². The van der Waals surface area contributed by atoms with E-state index in [1.807, 2.05) is 0 Å². The van der Waals surface area contributed by atoms with Crippen molar-refractivity contribution >= 4 is 56.7 Å². The maximum atomic E-state index is 7.34. The highest BCUT2D eigenvalue weighted by Gasteiger charge is 2.37. The summed E-state index contributed by atoms with van der Waals surface area (Å²) in [6.45, 7) is 4.70. The van der Waals surface area contributed by atoms with Crippen molar-refractivity contribution in [2.45, 2.75) is 29.1 Å². The number of fused-ring (bicyclic) bond motifs is 5. The Morgan fingerprint density at radius 3 is 2.06 bits per heavy atom. The van der Waals surface area contributed by atoms with Crippen molar-refractivity contribution in [2.24, 2.45) is 0 Å². The average Bonchev–Trinajstić information content (AvgIpc) is 3.46. The normalized spacial score (nSPS) is 14.0. The molecule has 0 saturated carbocycles. The fourth-order valence-corrected chi connectivity index (χ4v) is 9.86. The SMILES string of the molecule is CC1(C)c2ccccc2-c2ccc(N(c3ccccc3)c3cc4cccc5c4c4c3Sc3cccc(c3O4)N(c3ccccc3)c3ccccc3-5)cc21. The molecule has 2 bridgehead atoms. The summed E-state index contributed by atoms with van der Waals surface area (Å²) in [6, 6.07) is 61.6. The number of hydrogen-bond donors (Lipinski definition) is 0. The topological polar surface area (TPSA) is 15.7 Å². The van der Waals surface area contributed by atoms with Crippen molar-refractivity contribution in [3.8, 4) is 33.8 Å². The van der Waals surface area contributed by atoms with E-state index < -0.39 is 0 Å². The Labute approximate surface area is 313 Å². The van der Waals surface area contributed by atoms with Gasteiger partial charge in [0.2, 0.25) is 0 Å². The second-order valence-electron chi connectivity index (χ2n) is 14.5. The van der Waals surface area contributed by atoms with Crippen molar-refractivity contribution in [2.75, 3.05) is 9.80 Å². The molecular formula is C49H34N2OS. The summed E-state index contributed by atoms with van der Waals surface area (Å²) in [7, 11) is 0. The van der Waals surface area contributed by atoms with Crippen LogP contribution in [0, 0.1) is 0 Å². The van der Waals surface area contributed by atoms with Gasteiger partial charge in [0.05, 0.1) is 26.9 Å². The van der Waals surface area contributed by atoms with Crippen molar-refractivity contribution in [1.82, 2.24) is 0 Å². The molecule has 4 heteroatoms. The Bertz CT molecular complexity index is 2770. The van der Waals surface area contributed by atoms with E-state index in [9.17, 15) is 0 Å². The fraction of sp³-hybridized carbons (Fsp3) is 0.0612. The number of hydrogen-bond acceptors (Lipinski definition) is 4. The quantitative estimate of drug-likeness (QED) is 0.182. The van der Waals surface area contributed by atoms with E-state index in [4.69, 9.17) is 4.74 Å². The first kappa shape index (κ1) is 30.4. The Morgan fingerprint density at radius 1 is 0.528 bits per heavy atom. The molecule has 8 aromatic carbocycles. The molecule has 0 atom stereocenters. The lowest BCUT2D eigenvalue weighted by Crippen LogP contribution is -2.17. The predicted molar refractivity (Wildman–Crippen MR) is 221 cm³/mol. The molecule has 11 rings (SSSR count). The zero-order valence-corrected chi connectivity index (χ0v) is 30.2. The Hall–Kier alpha value is -6.23. The molecule has 0 fully saturated rings. The van der Waals surface area contributed by atoms with Gasteiger partial charge in [0.1, 0.15) is 0 Å². The number of ether oxygens (including phenoxy) is 1. The van der Waals surface area contributed by atoms with E-state index >= 15 is 0 Å². The minimum Gasteiger partial charge on any atom is -0.452 e. The minimum absolute atomic E-state index is 0.123. The van der Waals surface area contributed by atoms with Crippen LogP contribution < -0.4 is 14.5 Å². The van der Waals surface area contributed by atoms with Gasteiger partial charge in [-0.25, -0.2) is 0 Å². The lowest BCUT2D eigenvalue weighted by molar-refractivity contribution is 0.462. The third kappa shape index (κ3) is 4.43. The van der Waals surface area contributed by atoms with Crippen LogP contribution in [0.25, 0.3) is 33.0 Å². The maximum Gasteiger partial charge on any atom is 0.165 e. The summed E-state index contributed by atoms with van der Waals surface area (Å²) < 4.78 is 7.34. The summed E-state index contributed by atoms with van der Waals surface area (Å²) >= 11 is 1.81. The molecular weight excluding hydrogens is 665 g/mol. The van der Waals surface area contributed by atoms with Crippen molar-refractivity contribution in [1.29, 1.82) is 0 Å². The first-order valence-corrected chi connectivity index (χ1v) is 19.0.